The number of hydrogen-bond acceptors (Lipinski definition) is 4. The van der Waals surface area contributed by atoms with E-state index in [1.165, 1.54) is 0 Å². The Bertz CT molecular complexity index is 1820. The Hall–Kier alpha value is -4.13. The minimum atomic E-state index is -1.05. The summed E-state index contributed by atoms with van der Waals surface area (Å²) >= 11 is 25.5. The number of rotatable bonds is 12. The van der Waals surface area contributed by atoms with Crippen molar-refractivity contribution >= 4 is 57.9 Å². The highest BCUT2D eigenvalue weighted by atomic mass is 35.5. The van der Waals surface area contributed by atoms with Crippen molar-refractivity contribution in [3.05, 3.63) is 146 Å². The van der Waals surface area contributed by atoms with E-state index >= 15 is 0 Å². The number of aliphatic carboxylic acids is 1. The van der Waals surface area contributed by atoms with Crippen LogP contribution in [0.25, 0.3) is 27.8 Å². The summed E-state index contributed by atoms with van der Waals surface area (Å²) in [7, 11) is 0. The average Bonchev–Trinajstić information content (AvgIpc) is 3.06. The minimum Gasteiger partial charge on any atom is -0.494 e. The van der Waals surface area contributed by atoms with Crippen LogP contribution in [0.4, 0.5) is 0 Å². The molecule has 0 unspecified atom stereocenters. The highest BCUT2D eigenvalue weighted by molar-refractivity contribution is 6.36. The van der Waals surface area contributed by atoms with Gasteiger partial charge in [-0.2, -0.15) is 0 Å². The Morgan fingerprint density at radius 3 is 1.66 bits per heavy atom. The fraction of sp³-hybridized carbons (Fsp3) is 0.132. The molecule has 0 heterocycles. The quantitative estimate of drug-likeness (QED) is 0.131. The summed E-state index contributed by atoms with van der Waals surface area (Å²) in [6, 6.07) is 32.0. The summed E-state index contributed by atoms with van der Waals surface area (Å²) in [5.74, 6) is 0.633. The van der Waals surface area contributed by atoms with E-state index in [-0.39, 0.29) is 6.61 Å². The fourth-order valence-electron chi connectivity index (χ4n) is 5.08. The molecule has 5 rings (SSSR count). The molecule has 240 valence electrons. The highest BCUT2D eigenvalue weighted by Gasteiger charge is 2.17. The van der Waals surface area contributed by atoms with Gasteiger partial charge in [0.2, 0.25) is 0 Å². The molecule has 0 bridgehead atoms. The number of ether oxygens (including phenoxy) is 3. The van der Waals surface area contributed by atoms with Gasteiger partial charge in [-0.1, -0.05) is 94.9 Å². The van der Waals surface area contributed by atoms with Crippen molar-refractivity contribution in [3.8, 4) is 33.8 Å². The average molecular weight is 708 g/mol. The van der Waals surface area contributed by atoms with Crippen molar-refractivity contribution in [1.82, 2.24) is 0 Å². The van der Waals surface area contributed by atoms with Gasteiger partial charge >= 0.3 is 5.97 Å². The molecule has 0 saturated heterocycles. The van der Waals surface area contributed by atoms with Gasteiger partial charge in [-0.15, -0.1) is 0 Å². The topological polar surface area (TPSA) is 65.0 Å². The predicted octanol–water partition coefficient (Wildman–Crippen LogP) is 11.3. The van der Waals surface area contributed by atoms with Crippen LogP contribution in [-0.2, 0) is 9.53 Å². The van der Waals surface area contributed by atoms with Gasteiger partial charge in [0.15, 0.2) is 6.61 Å². The Kier molecular flexibility index (Phi) is 11.4. The molecule has 5 nitrogen and oxygen atoms in total. The summed E-state index contributed by atoms with van der Waals surface area (Å²) in [5, 5.41) is 11.4. The number of carbonyl (C=O) groups is 1. The first-order valence-electron chi connectivity index (χ1n) is 14.7. The zero-order chi connectivity index (χ0) is 33.5. The van der Waals surface area contributed by atoms with Crippen LogP contribution < -0.4 is 9.47 Å². The lowest BCUT2D eigenvalue weighted by atomic mass is 9.93. The van der Waals surface area contributed by atoms with E-state index in [1.807, 2.05) is 74.5 Å². The summed E-state index contributed by atoms with van der Waals surface area (Å²) < 4.78 is 17.8. The van der Waals surface area contributed by atoms with Crippen LogP contribution in [0.5, 0.6) is 11.5 Å². The summed E-state index contributed by atoms with van der Waals surface area (Å²) in [6.45, 7) is 3.87. The SMILES string of the molecule is CCOC(COc1ccc(OCC(=O)O)c(C)c1)=C(c1ccc(-c2cc(Cl)ccc2Cl)cc1)c1ccc(-c2cc(Cl)ccc2Cl)cc1. The highest BCUT2D eigenvalue weighted by Crippen LogP contribution is 2.36. The largest absolute Gasteiger partial charge is 0.494 e. The van der Waals surface area contributed by atoms with Crippen molar-refractivity contribution < 1.29 is 24.1 Å². The number of halogens is 4. The molecular formula is C38H30Cl4O5. The maximum Gasteiger partial charge on any atom is 0.341 e. The van der Waals surface area contributed by atoms with Gasteiger partial charge in [-0.25, -0.2) is 4.79 Å². The molecule has 9 heteroatoms. The second kappa shape index (κ2) is 15.6. The number of benzene rings is 5. The number of carboxylic acid groups (broad SMARTS) is 1. The van der Waals surface area contributed by atoms with E-state index in [4.69, 9.17) is 65.7 Å². The third-order valence-electron chi connectivity index (χ3n) is 7.29. The second-order valence-corrected chi connectivity index (χ2v) is 12.2. The van der Waals surface area contributed by atoms with Gasteiger partial charge < -0.3 is 19.3 Å². The molecule has 0 spiro atoms. The molecule has 0 aliphatic heterocycles. The van der Waals surface area contributed by atoms with Crippen molar-refractivity contribution in [3.63, 3.8) is 0 Å². The molecule has 5 aromatic carbocycles. The van der Waals surface area contributed by atoms with Crippen molar-refractivity contribution in [2.45, 2.75) is 13.8 Å². The molecule has 0 aromatic heterocycles. The maximum atomic E-state index is 10.9. The summed E-state index contributed by atoms with van der Waals surface area (Å²) in [6.07, 6.45) is 0. The van der Waals surface area contributed by atoms with Crippen LogP contribution in [0.15, 0.2) is 109 Å². The molecule has 5 aromatic rings. The van der Waals surface area contributed by atoms with E-state index in [0.29, 0.717) is 44.0 Å². The number of hydrogen-bond donors (Lipinski definition) is 1. The Labute approximate surface area is 293 Å². The molecule has 0 aliphatic carbocycles. The smallest absolute Gasteiger partial charge is 0.341 e. The molecule has 47 heavy (non-hydrogen) atoms. The van der Waals surface area contributed by atoms with Crippen LogP contribution in [0, 0.1) is 6.92 Å². The molecule has 0 saturated carbocycles. The van der Waals surface area contributed by atoms with Crippen molar-refractivity contribution in [1.29, 1.82) is 0 Å². The Morgan fingerprint density at radius 1 is 0.660 bits per heavy atom. The molecule has 0 aliphatic rings. The Morgan fingerprint density at radius 2 is 1.19 bits per heavy atom. The van der Waals surface area contributed by atoms with Crippen LogP contribution in [0.1, 0.15) is 23.6 Å². The molecule has 0 radical (unpaired) electrons. The van der Waals surface area contributed by atoms with Gasteiger partial charge in [-0.05, 0) is 96.3 Å². The zero-order valence-electron chi connectivity index (χ0n) is 25.5. The first kappa shape index (κ1) is 34.2. The third-order valence-corrected chi connectivity index (χ3v) is 8.42. The van der Waals surface area contributed by atoms with E-state index in [1.54, 1.807) is 42.5 Å². The monoisotopic (exact) mass is 706 g/mol. The van der Waals surface area contributed by atoms with Crippen LogP contribution in [0.3, 0.4) is 0 Å². The molecule has 0 fully saturated rings. The molecule has 1 N–H and O–H groups in total. The lowest BCUT2D eigenvalue weighted by Crippen LogP contribution is -2.11. The van der Waals surface area contributed by atoms with Crippen LogP contribution >= 0.6 is 46.4 Å². The van der Waals surface area contributed by atoms with E-state index in [2.05, 4.69) is 0 Å². The standard InChI is InChI=1S/C38H30Cl4O5/c1-3-45-36(21-46-30-14-17-35(23(2)18-30)47-22-37(43)44)38(26-8-4-24(5-9-26)31-19-28(39)12-15-33(31)41)27-10-6-25(7-11-27)32-20-29(40)13-16-34(32)42/h4-20H,3,21-22H2,1-2H3,(H,43,44). The van der Waals surface area contributed by atoms with Crippen LogP contribution in [-0.4, -0.2) is 30.9 Å². The number of carboxylic acids is 1. The normalized spacial score (nSPS) is 10.8. The lowest BCUT2D eigenvalue weighted by molar-refractivity contribution is -0.139. The molecule has 0 amide bonds. The van der Waals surface area contributed by atoms with Crippen molar-refractivity contribution in [2.24, 2.45) is 0 Å². The minimum absolute atomic E-state index is 0.127. The maximum absolute atomic E-state index is 10.9. The summed E-state index contributed by atoms with van der Waals surface area (Å²) in [5.41, 5.74) is 6.90. The number of aryl methyl sites for hydroxylation is 1. The van der Waals surface area contributed by atoms with Gasteiger partial charge in [-0.3, -0.25) is 0 Å². The van der Waals surface area contributed by atoms with Crippen molar-refractivity contribution in [2.75, 3.05) is 19.8 Å². The van der Waals surface area contributed by atoms with E-state index in [9.17, 15) is 4.79 Å². The zero-order valence-corrected chi connectivity index (χ0v) is 28.6. The fourth-order valence-corrected chi connectivity index (χ4v) is 5.88. The molecular weight excluding hydrogens is 678 g/mol. The predicted molar refractivity (Wildman–Crippen MR) is 191 cm³/mol. The third kappa shape index (κ3) is 8.62. The van der Waals surface area contributed by atoms with Gasteiger partial charge in [0.05, 0.1) is 6.61 Å². The summed E-state index contributed by atoms with van der Waals surface area (Å²) in [4.78, 5) is 10.9. The van der Waals surface area contributed by atoms with Gasteiger partial charge in [0.1, 0.15) is 23.9 Å². The lowest BCUT2D eigenvalue weighted by Gasteiger charge is -2.19. The second-order valence-electron chi connectivity index (χ2n) is 10.5. The first-order valence-corrected chi connectivity index (χ1v) is 16.2. The Balaban J connectivity index is 1.54. The van der Waals surface area contributed by atoms with E-state index < -0.39 is 12.6 Å². The molecule has 0 atom stereocenters. The first-order chi connectivity index (χ1) is 22.6. The van der Waals surface area contributed by atoms with Gasteiger partial charge in [0, 0.05) is 36.8 Å². The van der Waals surface area contributed by atoms with E-state index in [0.717, 1.165) is 44.5 Å². The van der Waals surface area contributed by atoms with Gasteiger partial charge in [0.25, 0.3) is 0 Å². The van der Waals surface area contributed by atoms with Crippen LogP contribution in [0.2, 0.25) is 20.1 Å².